The van der Waals surface area contributed by atoms with Crippen molar-refractivity contribution >= 4 is 52.2 Å². The third kappa shape index (κ3) is 6.87. The second kappa shape index (κ2) is 12.2. The lowest BCUT2D eigenvalue weighted by Gasteiger charge is -2.28. The van der Waals surface area contributed by atoms with E-state index in [4.69, 9.17) is 23.2 Å². The van der Waals surface area contributed by atoms with E-state index in [9.17, 15) is 9.59 Å². The number of urea groups is 1. The van der Waals surface area contributed by atoms with E-state index < -0.39 is 0 Å². The van der Waals surface area contributed by atoms with Gasteiger partial charge >= 0.3 is 6.03 Å². The third-order valence-electron chi connectivity index (χ3n) is 5.59. The number of anilines is 3. The lowest BCUT2D eigenvalue weighted by atomic mass is 10.1. The van der Waals surface area contributed by atoms with Crippen LogP contribution in [0.25, 0.3) is 0 Å². The number of carbonyl (C=O) groups excluding carboxylic acids is 2. The van der Waals surface area contributed by atoms with Crippen molar-refractivity contribution < 1.29 is 9.59 Å². The van der Waals surface area contributed by atoms with E-state index in [-0.39, 0.29) is 24.9 Å². The number of halogens is 2. The highest BCUT2D eigenvalue weighted by Gasteiger charge is 2.21. The number of benzene rings is 4. The number of nitrogens with one attached hydrogen (secondary N) is 1. The van der Waals surface area contributed by atoms with Crippen molar-refractivity contribution in [2.24, 2.45) is 0 Å². The van der Waals surface area contributed by atoms with Gasteiger partial charge in [-0.1, -0.05) is 71.7 Å². The van der Waals surface area contributed by atoms with Gasteiger partial charge in [0.25, 0.3) is 0 Å². The molecule has 182 valence electrons. The zero-order valence-corrected chi connectivity index (χ0v) is 21.0. The van der Waals surface area contributed by atoms with Crippen molar-refractivity contribution in [1.29, 1.82) is 0 Å². The molecule has 3 amide bonds. The number of hydrogen-bond acceptors (Lipinski definition) is 2. The van der Waals surface area contributed by atoms with E-state index in [1.54, 1.807) is 46.2 Å². The van der Waals surface area contributed by atoms with Crippen LogP contribution in [0.15, 0.2) is 109 Å². The fourth-order valence-corrected chi connectivity index (χ4v) is 4.01. The molecule has 7 heteroatoms. The molecule has 4 aromatic rings. The summed E-state index contributed by atoms with van der Waals surface area (Å²) >= 11 is 12.0. The van der Waals surface area contributed by atoms with Crippen molar-refractivity contribution in [3.63, 3.8) is 0 Å². The first-order chi connectivity index (χ1) is 17.5. The van der Waals surface area contributed by atoms with Crippen molar-refractivity contribution in [3.05, 3.63) is 125 Å². The predicted molar refractivity (Wildman–Crippen MR) is 148 cm³/mol. The molecule has 4 aromatic carbocycles. The number of rotatable bonds is 8. The van der Waals surface area contributed by atoms with Gasteiger partial charge in [-0.15, -0.1) is 0 Å². The normalized spacial score (nSPS) is 10.5. The summed E-state index contributed by atoms with van der Waals surface area (Å²) in [7, 11) is 0. The summed E-state index contributed by atoms with van der Waals surface area (Å²) < 4.78 is 0. The van der Waals surface area contributed by atoms with Crippen molar-refractivity contribution in [2.75, 3.05) is 28.2 Å². The van der Waals surface area contributed by atoms with Crippen LogP contribution in [0.5, 0.6) is 0 Å². The quantitative estimate of drug-likeness (QED) is 0.266. The Kier molecular flexibility index (Phi) is 8.61. The van der Waals surface area contributed by atoms with Gasteiger partial charge < -0.3 is 10.2 Å². The molecule has 0 fully saturated rings. The van der Waals surface area contributed by atoms with Gasteiger partial charge in [0.1, 0.15) is 0 Å². The Balaban J connectivity index is 1.55. The van der Waals surface area contributed by atoms with Crippen molar-refractivity contribution in [2.45, 2.75) is 6.42 Å². The Morgan fingerprint density at radius 1 is 0.611 bits per heavy atom. The molecule has 5 nitrogen and oxygen atoms in total. The fraction of sp³-hybridized carbons (Fsp3) is 0.103. The SMILES string of the molecule is O=C(Cc1ccc(Cl)cc1)N(CCN(C(=O)Nc1ccc(Cl)cc1)c1ccccc1)c1ccccc1. The Hall–Kier alpha value is -3.80. The largest absolute Gasteiger partial charge is 0.326 e. The monoisotopic (exact) mass is 517 g/mol. The zero-order valence-electron chi connectivity index (χ0n) is 19.5. The molecule has 0 aliphatic carbocycles. The molecule has 0 atom stereocenters. The average Bonchev–Trinajstić information content (AvgIpc) is 2.90. The predicted octanol–water partition coefficient (Wildman–Crippen LogP) is 7.31. The van der Waals surface area contributed by atoms with Crippen LogP contribution < -0.4 is 15.1 Å². The van der Waals surface area contributed by atoms with Crippen LogP contribution >= 0.6 is 23.2 Å². The van der Waals surface area contributed by atoms with Gasteiger partial charge in [-0.2, -0.15) is 0 Å². The van der Waals surface area contributed by atoms with E-state index in [0.29, 0.717) is 22.3 Å². The number of hydrogen-bond donors (Lipinski definition) is 1. The first kappa shape index (κ1) is 25.3. The van der Waals surface area contributed by atoms with Gasteiger partial charge in [0.2, 0.25) is 5.91 Å². The highest BCUT2D eigenvalue weighted by Crippen LogP contribution is 2.20. The molecular weight excluding hydrogens is 493 g/mol. The van der Waals surface area contributed by atoms with Crippen molar-refractivity contribution in [1.82, 2.24) is 0 Å². The summed E-state index contributed by atoms with van der Waals surface area (Å²) in [6.07, 6.45) is 0.217. The molecule has 0 bridgehead atoms. The lowest BCUT2D eigenvalue weighted by molar-refractivity contribution is -0.118. The van der Waals surface area contributed by atoms with E-state index in [2.05, 4.69) is 5.32 Å². The Morgan fingerprint density at radius 2 is 1.08 bits per heavy atom. The Bertz CT molecular complexity index is 1180. The van der Waals surface area contributed by atoms with Gasteiger partial charge in [0.05, 0.1) is 6.42 Å². The second-order valence-corrected chi connectivity index (χ2v) is 8.98. The molecule has 0 aliphatic heterocycles. The Labute approximate surface area is 220 Å². The molecule has 0 aliphatic rings. The average molecular weight is 518 g/mol. The van der Waals surface area contributed by atoms with Gasteiger partial charge in [0, 0.05) is 40.2 Å². The van der Waals surface area contributed by atoms with Gasteiger partial charge in [-0.05, 0) is 66.2 Å². The molecular formula is C29H25Cl2N3O2. The number of nitrogens with zero attached hydrogens (tertiary/aromatic N) is 2. The lowest BCUT2D eigenvalue weighted by Crippen LogP contribution is -2.43. The summed E-state index contributed by atoms with van der Waals surface area (Å²) in [6, 6.07) is 32.7. The summed E-state index contributed by atoms with van der Waals surface area (Å²) in [5.74, 6) is -0.0744. The summed E-state index contributed by atoms with van der Waals surface area (Å²) in [6.45, 7) is 0.587. The standard InChI is InChI=1S/C29H25Cl2N3O2/c30-23-13-11-22(12-14-23)21-28(35)33(26-7-3-1-4-8-26)19-20-34(27-9-5-2-6-10-27)29(36)32-25-17-15-24(31)16-18-25/h1-18H,19-21H2,(H,32,36). The molecule has 4 rings (SSSR count). The summed E-state index contributed by atoms with van der Waals surface area (Å²) in [5, 5.41) is 4.13. The molecule has 0 aromatic heterocycles. The van der Waals surface area contributed by atoms with E-state index in [1.165, 1.54) is 0 Å². The van der Waals surface area contributed by atoms with Crippen LogP contribution in [-0.4, -0.2) is 25.0 Å². The maximum Gasteiger partial charge on any atom is 0.326 e. The van der Waals surface area contributed by atoms with Crippen LogP contribution in [0.1, 0.15) is 5.56 Å². The highest BCUT2D eigenvalue weighted by atomic mass is 35.5. The van der Waals surface area contributed by atoms with Crippen LogP contribution in [0.4, 0.5) is 21.9 Å². The first-order valence-electron chi connectivity index (χ1n) is 11.5. The van der Waals surface area contributed by atoms with E-state index in [0.717, 1.165) is 16.9 Å². The smallest absolute Gasteiger partial charge is 0.310 e. The summed E-state index contributed by atoms with van der Waals surface area (Å²) in [4.78, 5) is 30.0. The minimum absolute atomic E-state index is 0.0744. The van der Waals surface area contributed by atoms with Crippen LogP contribution in [0.3, 0.4) is 0 Å². The molecule has 0 saturated heterocycles. The van der Waals surface area contributed by atoms with Crippen LogP contribution in [0, 0.1) is 0 Å². The minimum atomic E-state index is -0.304. The minimum Gasteiger partial charge on any atom is -0.310 e. The summed E-state index contributed by atoms with van der Waals surface area (Å²) in [5.41, 5.74) is 2.99. The molecule has 0 heterocycles. The topological polar surface area (TPSA) is 52.7 Å². The second-order valence-electron chi connectivity index (χ2n) is 8.11. The van der Waals surface area contributed by atoms with E-state index >= 15 is 0 Å². The molecule has 0 unspecified atom stereocenters. The van der Waals surface area contributed by atoms with Crippen LogP contribution in [0.2, 0.25) is 10.0 Å². The molecule has 0 radical (unpaired) electrons. The van der Waals surface area contributed by atoms with Crippen molar-refractivity contribution in [3.8, 4) is 0 Å². The number of carbonyl (C=O) groups is 2. The molecule has 1 N–H and O–H groups in total. The molecule has 36 heavy (non-hydrogen) atoms. The molecule has 0 saturated carbocycles. The van der Waals surface area contributed by atoms with Gasteiger partial charge in [-0.25, -0.2) is 4.79 Å². The first-order valence-corrected chi connectivity index (χ1v) is 12.2. The number of para-hydroxylation sites is 2. The number of amides is 3. The van der Waals surface area contributed by atoms with Gasteiger partial charge in [0.15, 0.2) is 0 Å². The van der Waals surface area contributed by atoms with Gasteiger partial charge in [-0.3, -0.25) is 9.69 Å². The van der Waals surface area contributed by atoms with E-state index in [1.807, 2.05) is 72.8 Å². The third-order valence-corrected chi connectivity index (χ3v) is 6.10. The molecule has 0 spiro atoms. The highest BCUT2D eigenvalue weighted by molar-refractivity contribution is 6.30. The fourth-order valence-electron chi connectivity index (χ4n) is 3.76. The Morgan fingerprint density at radius 3 is 1.64 bits per heavy atom. The zero-order chi connectivity index (χ0) is 25.3. The maximum atomic E-state index is 13.4. The van der Waals surface area contributed by atoms with Crippen LogP contribution in [-0.2, 0) is 11.2 Å². The maximum absolute atomic E-state index is 13.4.